The van der Waals surface area contributed by atoms with Crippen LogP contribution < -0.4 is 10.6 Å². The van der Waals surface area contributed by atoms with Gasteiger partial charge in [-0.25, -0.2) is 0 Å². The Morgan fingerprint density at radius 2 is 2.38 bits per heavy atom. The summed E-state index contributed by atoms with van der Waals surface area (Å²) < 4.78 is 6.70. The lowest BCUT2D eigenvalue weighted by Crippen LogP contribution is -2.27. The van der Waals surface area contributed by atoms with Crippen LogP contribution in [0.5, 0.6) is 0 Å². The first kappa shape index (κ1) is 15.3. The van der Waals surface area contributed by atoms with Crippen molar-refractivity contribution in [2.24, 2.45) is 0 Å². The molecule has 2 heterocycles. The van der Waals surface area contributed by atoms with Gasteiger partial charge in [0.2, 0.25) is 5.91 Å². The number of halogens is 1. The van der Waals surface area contributed by atoms with Crippen LogP contribution in [0.25, 0.3) is 0 Å². The van der Waals surface area contributed by atoms with Crippen LogP contribution >= 0.6 is 27.7 Å². The van der Waals surface area contributed by atoms with Crippen LogP contribution in [-0.4, -0.2) is 30.9 Å². The maximum Gasteiger partial charge on any atom is 0.246 e. The molecule has 0 bridgehead atoms. The summed E-state index contributed by atoms with van der Waals surface area (Å²) in [5, 5.41) is 6.18. The highest BCUT2D eigenvalue weighted by molar-refractivity contribution is 9.10. The predicted molar refractivity (Wildman–Crippen MR) is 88.9 cm³/mol. The Morgan fingerprint density at radius 3 is 3.10 bits per heavy atom. The van der Waals surface area contributed by atoms with Crippen molar-refractivity contribution in [2.45, 2.75) is 36.8 Å². The Morgan fingerprint density at radius 1 is 1.52 bits per heavy atom. The third-order valence-corrected chi connectivity index (χ3v) is 5.90. The smallest absolute Gasteiger partial charge is 0.246 e. The highest BCUT2D eigenvalue weighted by Gasteiger charge is 2.30. The molecule has 114 valence electrons. The van der Waals surface area contributed by atoms with E-state index in [-0.39, 0.29) is 11.9 Å². The van der Waals surface area contributed by atoms with Crippen molar-refractivity contribution >= 4 is 39.3 Å². The van der Waals surface area contributed by atoms with Gasteiger partial charge in [0.05, 0.1) is 6.10 Å². The first-order chi connectivity index (χ1) is 10.2. The highest BCUT2D eigenvalue weighted by Crippen LogP contribution is 2.39. The van der Waals surface area contributed by atoms with Gasteiger partial charge in [0.1, 0.15) is 6.04 Å². The number of thioether (sulfide) groups is 1. The summed E-state index contributed by atoms with van der Waals surface area (Å²) >= 11 is 5.41. The number of hydrogen-bond acceptors (Lipinski definition) is 4. The number of amides is 1. The number of carbonyl (C=O) groups excluding carboxylic acids is 1. The fourth-order valence-corrected chi connectivity index (χ4v) is 4.47. The minimum absolute atomic E-state index is 0.0278. The number of benzene rings is 1. The zero-order valence-corrected chi connectivity index (χ0v) is 14.4. The molecule has 1 aromatic carbocycles. The average Bonchev–Trinajstić information content (AvgIpc) is 3.07. The van der Waals surface area contributed by atoms with Crippen molar-refractivity contribution in [1.82, 2.24) is 5.32 Å². The van der Waals surface area contributed by atoms with Crippen LogP contribution in [0, 0.1) is 0 Å². The second kappa shape index (κ2) is 6.69. The maximum absolute atomic E-state index is 12.0. The summed E-state index contributed by atoms with van der Waals surface area (Å²) in [6.45, 7) is 3.66. The molecule has 0 aromatic heterocycles. The molecule has 0 saturated carbocycles. The van der Waals surface area contributed by atoms with Crippen LogP contribution in [-0.2, 0) is 9.53 Å². The molecule has 0 radical (unpaired) electrons. The van der Waals surface area contributed by atoms with Crippen molar-refractivity contribution in [3.8, 4) is 0 Å². The van der Waals surface area contributed by atoms with E-state index in [4.69, 9.17) is 4.74 Å². The number of anilines is 1. The molecular weight excluding hydrogens is 352 g/mol. The Hall–Kier alpha value is -0.560. The van der Waals surface area contributed by atoms with Gasteiger partial charge in [0.25, 0.3) is 0 Å². The normalized spacial score (nSPS) is 24.2. The van der Waals surface area contributed by atoms with Crippen molar-refractivity contribution in [2.75, 3.05) is 24.2 Å². The quantitative estimate of drug-likeness (QED) is 0.780. The van der Waals surface area contributed by atoms with Gasteiger partial charge < -0.3 is 15.4 Å². The SMILES string of the molecule is CCNC1C(=O)Nc2cc(SCC3CCCO3)c(Br)cc21. The Bertz CT molecular complexity index is 547. The highest BCUT2D eigenvalue weighted by atomic mass is 79.9. The molecule has 2 atom stereocenters. The minimum Gasteiger partial charge on any atom is -0.377 e. The second-order valence-corrected chi connectivity index (χ2v) is 7.21. The summed E-state index contributed by atoms with van der Waals surface area (Å²) in [5.74, 6) is 0.988. The van der Waals surface area contributed by atoms with E-state index in [0.29, 0.717) is 6.10 Å². The van der Waals surface area contributed by atoms with Crippen LogP contribution in [0.15, 0.2) is 21.5 Å². The molecule has 2 unspecified atom stereocenters. The summed E-state index contributed by atoms with van der Waals surface area (Å²) in [7, 11) is 0. The molecule has 1 amide bonds. The molecule has 2 aliphatic rings. The largest absolute Gasteiger partial charge is 0.377 e. The first-order valence-corrected chi connectivity index (χ1v) is 9.09. The van der Waals surface area contributed by atoms with Crippen LogP contribution in [0.4, 0.5) is 5.69 Å². The number of fused-ring (bicyclic) bond motifs is 1. The van der Waals surface area contributed by atoms with E-state index in [1.54, 1.807) is 11.8 Å². The third-order valence-electron chi connectivity index (χ3n) is 3.79. The van der Waals surface area contributed by atoms with Gasteiger partial charge in [-0.2, -0.15) is 0 Å². The Labute approximate surface area is 137 Å². The number of nitrogens with one attached hydrogen (secondary N) is 2. The van der Waals surface area contributed by atoms with Gasteiger partial charge in [-0.05, 0) is 47.4 Å². The molecule has 4 nitrogen and oxygen atoms in total. The Balaban J connectivity index is 1.75. The molecule has 1 fully saturated rings. The van der Waals surface area contributed by atoms with Gasteiger partial charge in [0.15, 0.2) is 0 Å². The van der Waals surface area contributed by atoms with Crippen molar-refractivity contribution in [1.29, 1.82) is 0 Å². The van der Waals surface area contributed by atoms with E-state index in [0.717, 1.165) is 52.4 Å². The third kappa shape index (κ3) is 3.28. The predicted octanol–water partition coefficient (Wildman–Crippen LogP) is 3.32. The molecule has 3 rings (SSSR count). The van der Waals surface area contributed by atoms with Crippen LogP contribution in [0.3, 0.4) is 0 Å². The number of hydrogen-bond donors (Lipinski definition) is 2. The van der Waals surface area contributed by atoms with Gasteiger partial charge >= 0.3 is 0 Å². The topological polar surface area (TPSA) is 50.4 Å². The number of rotatable bonds is 5. The summed E-state index contributed by atoms with van der Waals surface area (Å²) in [6.07, 6.45) is 2.67. The van der Waals surface area contributed by atoms with Gasteiger partial charge in [-0.3, -0.25) is 4.79 Å². The molecule has 0 aliphatic carbocycles. The summed E-state index contributed by atoms with van der Waals surface area (Å²) in [6, 6.07) is 3.88. The first-order valence-electron chi connectivity index (χ1n) is 7.31. The molecule has 0 spiro atoms. The van der Waals surface area contributed by atoms with Crippen molar-refractivity contribution in [3.63, 3.8) is 0 Å². The summed E-state index contributed by atoms with van der Waals surface area (Å²) in [4.78, 5) is 13.1. The van der Waals surface area contributed by atoms with E-state index >= 15 is 0 Å². The second-order valence-electron chi connectivity index (χ2n) is 5.30. The zero-order valence-electron chi connectivity index (χ0n) is 11.9. The van der Waals surface area contributed by atoms with E-state index < -0.39 is 0 Å². The van der Waals surface area contributed by atoms with E-state index in [1.807, 2.05) is 6.92 Å². The Kier molecular flexibility index (Phi) is 4.88. The lowest BCUT2D eigenvalue weighted by atomic mass is 10.1. The standard InChI is InChI=1S/C15H19BrN2O2S/c1-2-17-14-10-6-11(16)13(7-12(10)18-15(14)19)21-8-9-4-3-5-20-9/h6-7,9,14,17H,2-5,8H2,1H3,(H,18,19). The number of ether oxygens (including phenoxy) is 1. The van der Waals surface area contributed by atoms with E-state index in [1.165, 1.54) is 0 Å². The summed E-state index contributed by atoms with van der Waals surface area (Å²) in [5.41, 5.74) is 1.94. The van der Waals surface area contributed by atoms with Gasteiger partial charge in [-0.1, -0.05) is 6.92 Å². The zero-order chi connectivity index (χ0) is 14.8. The lowest BCUT2D eigenvalue weighted by molar-refractivity contribution is -0.117. The fraction of sp³-hybridized carbons (Fsp3) is 0.533. The maximum atomic E-state index is 12.0. The van der Waals surface area contributed by atoms with Crippen LogP contribution in [0.1, 0.15) is 31.4 Å². The molecule has 6 heteroatoms. The molecule has 21 heavy (non-hydrogen) atoms. The molecule has 2 aliphatic heterocycles. The van der Waals surface area contributed by atoms with Crippen molar-refractivity contribution < 1.29 is 9.53 Å². The monoisotopic (exact) mass is 370 g/mol. The number of likely N-dealkylation sites (N-methyl/N-ethyl adjacent to an activating group) is 1. The molecule has 1 aromatic rings. The van der Waals surface area contributed by atoms with Gasteiger partial charge in [0, 0.05) is 33.0 Å². The minimum atomic E-state index is -0.237. The van der Waals surface area contributed by atoms with E-state index in [9.17, 15) is 4.79 Å². The lowest BCUT2D eigenvalue weighted by Gasteiger charge is -2.13. The average molecular weight is 371 g/mol. The molecule has 1 saturated heterocycles. The molecular formula is C15H19BrN2O2S. The van der Waals surface area contributed by atoms with E-state index in [2.05, 4.69) is 38.7 Å². The fourth-order valence-electron chi connectivity index (χ4n) is 2.74. The molecule has 2 N–H and O–H groups in total. The van der Waals surface area contributed by atoms with Gasteiger partial charge in [-0.15, -0.1) is 11.8 Å². The number of carbonyl (C=O) groups is 1. The van der Waals surface area contributed by atoms with Crippen molar-refractivity contribution in [3.05, 3.63) is 22.2 Å². The van der Waals surface area contributed by atoms with Crippen LogP contribution in [0.2, 0.25) is 0 Å².